The van der Waals surface area contributed by atoms with E-state index in [9.17, 15) is 0 Å². The number of rotatable bonds is 4. The van der Waals surface area contributed by atoms with Gasteiger partial charge in [-0.1, -0.05) is 0 Å². The molecule has 0 fully saturated rings. The summed E-state index contributed by atoms with van der Waals surface area (Å²) < 4.78 is 5.07. The molecule has 0 saturated heterocycles. The third-order valence-electron chi connectivity index (χ3n) is 1.34. The quantitative estimate of drug-likeness (QED) is 0.439. The summed E-state index contributed by atoms with van der Waals surface area (Å²) in [7, 11) is 2.18. The van der Waals surface area contributed by atoms with Crippen molar-refractivity contribution in [3.8, 4) is 0 Å². The van der Waals surface area contributed by atoms with Crippen molar-refractivity contribution in [2.75, 3.05) is 6.54 Å². The molecule has 5 heteroatoms. The van der Waals surface area contributed by atoms with Gasteiger partial charge in [-0.2, -0.15) is 0 Å². The Morgan fingerprint density at radius 2 is 1.71 bits per heavy atom. The molecule has 14 heavy (non-hydrogen) atoms. The highest BCUT2D eigenvalue weighted by Crippen LogP contribution is 2.00. The fourth-order valence-electron chi connectivity index (χ4n) is 0.914. The predicted molar refractivity (Wildman–Crippen MR) is 65.0 cm³/mol. The Morgan fingerprint density at radius 3 is 2.00 bits per heavy atom. The van der Waals surface area contributed by atoms with Gasteiger partial charge in [0.25, 0.3) is 0 Å². The molecule has 0 aromatic rings. The molecule has 0 spiro atoms. The number of nitrogens with two attached hydrogens (primary N) is 1. The molecule has 0 aromatic heterocycles. The smallest absolute Gasteiger partial charge is 0.234 e. The molecule has 0 aliphatic heterocycles. The standard InChI is InChI=1S/C9H20N3OP/c1-6(2)11-8(5-10)9(13-14)12-7(3)4/h6-7H,5,10,14H2,1-4H3. The van der Waals surface area contributed by atoms with Crippen LogP contribution in [0.3, 0.4) is 0 Å². The molecule has 0 aromatic carbocycles. The molecule has 0 aliphatic rings. The molecule has 1 atom stereocenters. The largest absolute Gasteiger partial charge is 0.462 e. The van der Waals surface area contributed by atoms with Gasteiger partial charge in [-0.05, 0) is 27.7 Å². The van der Waals surface area contributed by atoms with Crippen molar-refractivity contribution in [1.82, 2.24) is 0 Å². The summed E-state index contributed by atoms with van der Waals surface area (Å²) >= 11 is 0. The lowest BCUT2D eigenvalue weighted by molar-refractivity contribution is 0.636. The zero-order valence-electron chi connectivity index (χ0n) is 9.32. The van der Waals surface area contributed by atoms with Crippen LogP contribution < -0.4 is 5.73 Å². The van der Waals surface area contributed by atoms with Crippen molar-refractivity contribution in [3.63, 3.8) is 0 Å². The van der Waals surface area contributed by atoms with Crippen molar-refractivity contribution in [2.45, 2.75) is 39.8 Å². The molecule has 0 saturated carbocycles. The fourth-order valence-corrected chi connectivity index (χ4v) is 1.11. The van der Waals surface area contributed by atoms with Gasteiger partial charge in [-0.3, -0.25) is 4.99 Å². The average molecular weight is 217 g/mol. The van der Waals surface area contributed by atoms with Crippen molar-refractivity contribution >= 4 is 21.1 Å². The van der Waals surface area contributed by atoms with Crippen molar-refractivity contribution in [3.05, 3.63) is 0 Å². The minimum Gasteiger partial charge on any atom is -0.462 e. The Kier molecular flexibility index (Phi) is 6.67. The number of hydrogen-bond acceptors (Lipinski definition) is 4. The van der Waals surface area contributed by atoms with E-state index in [1.54, 1.807) is 0 Å². The molecule has 0 heterocycles. The monoisotopic (exact) mass is 217 g/mol. The van der Waals surface area contributed by atoms with Crippen LogP contribution in [0, 0.1) is 0 Å². The highest BCUT2D eigenvalue weighted by molar-refractivity contribution is 7.11. The van der Waals surface area contributed by atoms with Gasteiger partial charge in [0.15, 0.2) is 0 Å². The molecule has 1 unspecified atom stereocenters. The summed E-state index contributed by atoms with van der Waals surface area (Å²) in [5, 5.41) is 0. The van der Waals surface area contributed by atoms with E-state index < -0.39 is 0 Å². The Balaban J connectivity index is 4.79. The zero-order chi connectivity index (χ0) is 11.1. The minimum atomic E-state index is 0.175. The van der Waals surface area contributed by atoms with E-state index in [2.05, 4.69) is 19.5 Å². The second-order valence-corrected chi connectivity index (χ2v) is 3.76. The molecule has 0 bridgehead atoms. The lowest BCUT2D eigenvalue weighted by atomic mass is 10.3. The minimum absolute atomic E-state index is 0.175. The van der Waals surface area contributed by atoms with Gasteiger partial charge in [0.2, 0.25) is 5.90 Å². The molecule has 0 aliphatic carbocycles. The van der Waals surface area contributed by atoms with E-state index in [-0.39, 0.29) is 12.1 Å². The maximum absolute atomic E-state index is 5.57. The van der Waals surface area contributed by atoms with Crippen LogP contribution >= 0.6 is 9.47 Å². The average Bonchev–Trinajstić information content (AvgIpc) is 2.10. The maximum atomic E-state index is 5.57. The second kappa shape index (κ2) is 6.91. The molecule has 0 radical (unpaired) electrons. The van der Waals surface area contributed by atoms with E-state index in [1.807, 2.05) is 27.7 Å². The number of aliphatic imine (C=N–C) groups is 2. The summed E-state index contributed by atoms with van der Waals surface area (Å²) in [6.07, 6.45) is 0. The van der Waals surface area contributed by atoms with Crippen molar-refractivity contribution in [1.29, 1.82) is 0 Å². The molecular weight excluding hydrogens is 197 g/mol. The highest BCUT2D eigenvalue weighted by Gasteiger charge is 2.08. The van der Waals surface area contributed by atoms with E-state index in [0.29, 0.717) is 18.2 Å². The summed E-state index contributed by atoms with van der Waals surface area (Å²) in [6, 6.07) is 0.375. The van der Waals surface area contributed by atoms with E-state index in [4.69, 9.17) is 10.3 Å². The lowest BCUT2D eigenvalue weighted by Crippen LogP contribution is -2.26. The summed E-state index contributed by atoms with van der Waals surface area (Å²) in [6.45, 7) is 8.29. The van der Waals surface area contributed by atoms with Crippen LogP contribution in [0.4, 0.5) is 0 Å². The van der Waals surface area contributed by atoms with Gasteiger partial charge >= 0.3 is 0 Å². The van der Waals surface area contributed by atoms with E-state index >= 15 is 0 Å². The Labute approximate surface area is 88.3 Å². The van der Waals surface area contributed by atoms with Crippen LogP contribution in [0.1, 0.15) is 27.7 Å². The fraction of sp³-hybridized carbons (Fsp3) is 0.778. The first kappa shape index (κ1) is 13.5. The van der Waals surface area contributed by atoms with Gasteiger partial charge in [-0.25, -0.2) is 4.99 Å². The molecule has 0 rings (SSSR count). The summed E-state index contributed by atoms with van der Waals surface area (Å²) in [5.41, 5.74) is 6.28. The molecule has 4 nitrogen and oxygen atoms in total. The SMILES string of the molecule is CC(C)N=C(CN)C(=NC(C)C)OP. The first-order valence-electron chi connectivity index (χ1n) is 4.72. The van der Waals surface area contributed by atoms with Crippen LogP contribution in [-0.2, 0) is 4.52 Å². The first-order valence-corrected chi connectivity index (χ1v) is 5.20. The van der Waals surface area contributed by atoms with Gasteiger partial charge < -0.3 is 10.3 Å². The molecule has 0 amide bonds. The van der Waals surface area contributed by atoms with E-state index in [0.717, 1.165) is 0 Å². The van der Waals surface area contributed by atoms with Crippen molar-refractivity contribution in [2.24, 2.45) is 15.7 Å². The Hall–Kier alpha value is -0.470. The van der Waals surface area contributed by atoms with Crippen LogP contribution in [0.5, 0.6) is 0 Å². The van der Waals surface area contributed by atoms with Crippen LogP contribution in [0.2, 0.25) is 0 Å². The summed E-state index contributed by atoms with van der Waals surface area (Å²) in [4.78, 5) is 8.62. The van der Waals surface area contributed by atoms with Gasteiger partial charge in [0, 0.05) is 18.6 Å². The van der Waals surface area contributed by atoms with Gasteiger partial charge in [-0.15, -0.1) is 0 Å². The van der Waals surface area contributed by atoms with Crippen molar-refractivity contribution < 1.29 is 4.52 Å². The third kappa shape index (κ3) is 5.30. The predicted octanol–water partition coefficient (Wildman–Crippen LogP) is 1.41. The topological polar surface area (TPSA) is 60.0 Å². The first-order chi connectivity index (χ1) is 6.51. The van der Waals surface area contributed by atoms with E-state index in [1.165, 1.54) is 0 Å². The molecular formula is C9H20N3OP. The van der Waals surface area contributed by atoms with Gasteiger partial charge in [0.1, 0.15) is 5.71 Å². The van der Waals surface area contributed by atoms with Crippen LogP contribution in [0.25, 0.3) is 0 Å². The number of nitrogens with zero attached hydrogens (tertiary/aromatic N) is 2. The number of hydrogen-bond donors (Lipinski definition) is 1. The van der Waals surface area contributed by atoms with Crippen LogP contribution in [0.15, 0.2) is 9.98 Å². The second-order valence-electron chi connectivity index (χ2n) is 3.52. The Morgan fingerprint density at radius 1 is 1.21 bits per heavy atom. The van der Waals surface area contributed by atoms with Crippen LogP contribution in [-0.4, -0.2) is 30.2 Å². The maximum Gasteiger partial charge on any atom is 0.234 e. The van der Waals surface area contributed by atoms with Gasteiger partial charge in [0.05, 0.1) is 9.47 Å². The highest BCUT2D eigenvalue weighted by atomic mass is 31.0. The third-order valence-corrected chi connectivity index (χ3v) is 1.56. The Bertz CT molecular complexity index is 200. The molecule has 2 N–H and O–H groups in total. The normalized spacial score (nSPS) is 14.0. The lowest BCUT2D eigenvalue weighted by Gasteiger charge is -2.09. The summed E-state index contributed by atoms with van der Waals surface area (Å²) in [5.74, 6) is 0.515. The zero-order valence-corrected chi connectivity index (χ0v) is 10.5. The molecule has 82 valence electrons.